The van der Waals surface area contributed by atoms with Crippen LogP contribution in [0.2, 0.25) is 0 Å². The molecule has 0 saturated carbocycles. The highest BCUT2D eigenvalue weighted by Gasteiger charge is 2.19. The van der Waals surface area contributed by atoms with Gasteiger partial charge in [0, 0.05) is 16.7 Å². The Hall–Kier alpha value is -0.780. The van der Waals surface area contributed by atoms with Gasteiger partial charge in [0.2, 0.25) is 0 Å². The summed E-state index contributed by atoms with van der Waals surface area (Å²) in [4.78, 5) is 0. The third-order valence-electron chi connectivity index (χ3n) is 2.35. The zero-order chi connectivity index (χ0) is 11.6. The van der Waals surface area contributed by atoms with E-state index in [1.54, 1.807) is 6.92 Å². The fraction of sp³-hybridized carbons (Fsp3) is 0.400. The Morgan fingerprint density at radius 3 is 2.13 bits per heavy atom. The monoisotopic (exact) mass is 276 g/mol. The number of ether oxygens (including phenoxy) is 1. The maximum absolute atomic E-state index is 9.76. The maximum atomic E-state index is 9.76. The number of methoxy groups -OCH3 is 1. The topological polar surface area (TPSA) is 69.9 Å². The minimum Gasteiger partial charge on any atom is -0.507 e. The quantitative estimate of drug-likeness (QED) is 0.782. The van der Waals surface area contributed by atoms with Gasteiger partial charge in [-0.25, -0.2) is 0 Å². The Balaban J connectivity index is 3.57. The molecule has 4 nitrogen and oxygen atoms in total. The number of phenols is 1. The normalized spacial score (nSPS) is 10.5. The van der Waals surface area contributed by atoms with Crippen molar-refractivity contribution >= 4 is 15.9 Å². The van der Waals surface area contributed by atoms with Gasteiger partial charge in [0.05, 0.1) is 24.8 Å². The zero-order valence-electron chi connectivity index (χ0n) is 8.54. The van der Waals surface area contributed by atoms with Crippen LogP contribution in [-0.2, 0) is 13.2 Å². The van der Waals surface area contributed by atoms with E-state index in [-0.39, 0.29) is 19.0 Å². The van der Waals surface area contributed by atoms with Crippen LogP contribution >= 0.6 is 15.9 Å². The summed E-state index contributed by atoms with van der Waals surface area (Å²) in [6.45, 7) is 1.11. The van der Waals surface area contributed by atoms with Gasteiger partial charge in [-0.3, -0.25) is 0 Å². The average Bonchev–Trinajstić information content (AvgIpc) is 2.19. The Kier molecular flexibility index (Phi) is 3.96. The van der Waals surface area contributed by atoms with Crippen molar-refractivity contribution in [3.05, 3.63) is 21.2 Å². The number of aliphatic hydroxyl groups is 2. The first-order valence-corrected chi connectivity index (χ1v) is 5.16. The van der Waals surface area contributed by atoms with Gasteiger partial charge in [0.1, 0.15) is 11.5 Å². The minimum atomic E-state index is -0.323. The van der Waals surface area contributed by atoms with E-state index in [9.17, 15) is 5.11 Å². The second-order valence-electron chi connectivity index (χ2n) is 3.09. The second kappa shape index (κ2) is 4.83. The number of halogens is 1. The molecule has 84 valence electrons. The SMILES string of the molecule is COc1c(C)c(CO)c(O)c(CO)c1Br. The van der Waals surface area contributed by atoms with Crippen LogP contribution < -0.4 is 4.74 Å². The molecular formula is C10H13BrO4. The molecule has 5 heteroatoms. The molecule has 0 saturated heterocycles. The van der Waals surface area contributed by atoms with E-state index >= 15 is 0 Å². The zero-order valence-corrected chi connectivity index (χ0v) is 10.1. The number of rotatable bonds is 3. The standard InChI is InChI=1S/C10H13BrO4/c1-5-6(3-12)9(14)7(4-13)8(11)10(5)15-2/h12-14H,3-4H2,1-2H3. The van der Waals surface area contributed by atoms with Crippen molar-refractivity contribution in [1.82, 2.24) is 0 Å². The highest BCUT2D eigenvalue weighted by atomic mass is 79.9. The lowest BCUT2D eigenvalue weighted by molar-refractivity contribution is 0.260. The molecule has 0 aliphatic heterocycles. The van der Waals surface area contributed by atoms with E-state index in [0.717, 1.165) is 0 Å². The largest absolute Gasteiger partial charge is 0.507 e. The van der Waals surface area contributed by atoms with Crippen LogP contribution in [0.5, 0.6) is 11.5 Å². The molecule has 0 bridgehead atoms. The van der Waals surface area contributed by atoms with Gasteiger partial charge < -0.3 is 20.1 Å². The molecule has 0 aliphatic carbocycles. The van der Waals surface area contributed by atoms with Crippen LogP contribution in [0.1, 0.15) is 16.7 Å². The molecule has 1 aromatic carbocycles. The predicted molar refractivity (Wildman–Crippen MR) is 58.9 cm³/mol. The summed E-state index contributed by atoms with van der Waals surface area (Å²) in [7, 11) is 1.49. The molecule has 0 amide bonds. The van der Waals surface area contributed by atoms with E-state index in [0.29, 0.717) is 26.9 Å². The lowest BCUT2D eigenvalue weighted by Gasteiger charge is -2.16. The van der Waals surface area contributed by atoms with Crippen molar-refractivity contribution in [3.8, 4) is 11.5 Å². The molecule has 0 unspecified atom stereocenters. The summed E-state index contributed by atoms with van der Waals surface area (Å²) < 4.78 is 5.65. The van der Waals surface area contributed by atoms with E-state index in [1.807, 2.05) is 0 Å². The molecule has 3 N–H and O–H groups in total. The van der Waals surface area contributed by atoms with E-state index in [2.05, 4.69) is 15.9 Å². The Labute approximate surface area is 96.3 Å². The summed E-state index contributed by atoms with van der Waals surface area (Å²) >= 11 is 3.24. The fourth-order valence-corrected chi connectivity index (χ4v) is 2.26. The number of aliphatic hydroxyl groups excluding tert-OH is 2. The highest BCUT2D eigenvalue weighted by Crippen LogP contribution is 2.41. The van der Waals surface area contributed by atoms with E-state index in [1.165, 1.54) is 7.11 Å². The lowest BCUT2D eigenvalue weighted by Crippen LogP contribution is -2.00. The Bertz CT molecular complexity index is 298. The first-order chi connectivity index (χ1) is 7.08. The summed E-state index contributed by atoms with van der Waals surface area (Å²) in [5, 5.41) is 28.0. The van der Waals surface area contributed by atoms with Gasteiger partial charge >= 0.3 is 0 Å². The number of benzene rings is 1. The molecule has 0 spiro atoms. The van der Waals surface area contributed by atoms with Gasteiger partial charge in [0.15, 0.2) is 0 Å². The summed E-state index contributed by atoms with van der Waals surface area (Å²) in [6, 6.07) is 0. The smallest absolute Gasteiger partial charge is 0.136 e. The van der Waals surface area contributed by atoms with E-state index < -0.39 is 0 Å². The Morgan fingerprint density at radius 1 is 1.20 bits per heavy atom. The molecule has 0 heterocycles. The van der Waals surface area contributed by atoms with Crippen molar-refractivity contribution in [2.24, 2.45) is 0 Å². The van der Waals surface area contributed by atoms with Crippen LogP contribution in [-0.4, -0.2) is 22.4 Å². The lowest BCUT2D eigenvalue weighted by atomic mass is 10.0. The van der Waals surface area contributed by atoms with Crippen LogP contribution in [0.3, 0.4) is 0 Å². The van der Waals surface area contributed by atoms with Crippen molar-refractivity contribution in [1.29, 1.82) is 0 Å². The first-order valence-electron chi connectivity index (χ1n) is 4.36. The molecule has 0 atom stereocenters. The number of hydrogen-bond donors (Lipinski definition) is 3. The van der Waals surface area contributed by atoms with Crippen LogP contribution in [0.25, 0.3) is 0 Å². The first kappa shape index (κ1) is 12.3. The molecule has 1 rings (SSSR count). The summed E-state index contributed by atoms with van der Waals surface area (Å²) in [6.07, 6.45) is 0. The van der Waals surface area contributed by atoms with Crippen LogP contribution in [0, 0.1) is 6.92 Å². The fourth-order valence-electron chi connectivity index (χ4n) is 1.48. The van der Waals surface area contributed by atoms with Crippen LogP contribution in [0.4, 0.5) is 0 Å². The van der Waals surface area contributed by atoms with Gasteiger partial charge in [-0.15, -0.1) is 0 Å². The third kappa shape index (κ3) is 1.95. The molecule has 0 aromatic heterocycles. The molecule has 0 aliphatic rings. The molecule has 15 heavy (non-hydrogen) atoms. The maximum Gasteiger partial charge on any atom is 0.136 e. The summed E-state index contributed by atoms with van der Waals surface area (Å²) in [5.41, 5.74) is 1.35. The van der Waals surface area contributed by atoms with Gasteiger partial charge in [-0.05, 0) is 22.9 Å². The van der Waals surface area contributed by atoms with Crippen molar-refractivity contribution < 1.29 is 20.1 Å². The van der Waals surface area contributed by atoms with Gasteiger partial charge in [-0.2, -0.15) is 0 Å². The Morgan fingerprint density at radius 2 is 1.73 bits per heavy atom. The molecule has 1 aromatic rings. The average molecular weight is 277 g/mol. The molecule has 0 fully saturated rings. The molecule has 0 radical (unpaired) electrons. The van der Waals surface area contributed by atoms with Crippen molar-refractivity contribution in [2.45, 2.75) is 20.1 Å². The minimum absolute atomic E-state index is 0.0924. The van der Waals surface area contributed by atoms with Gasteiger partial charge in [-0.1, -0.05) is 0 Å². The summed E-state index contributed by atoms with van der Waals surface area (Å²) in [5.74, 6) is 0.422. The molecular weight excluding hydrogens is 264 g/mol. The second-order valence-corrected chi connectivity index (χ2v) is 3.89. The van der Waals surface area contributed by atoms with Crippen molar-refractivity contribution in [2.75, 3.05) is 7.11 Å². The van der Waals surface area contributed by atoms with Crippen LogP contribution in [0.15, 0.2) is 4.47 Å². The third-order valence-corrected chi connectivity index (χ3v) is 3.19. The predicted octanol–water partition coefficient (Wildman–Crippen LogP) is 1.46. The number of hydrogen-bond acceptors (Lipinski definition) is 4. The number of aromatic hydroxyl groups is 1. The van der Waals surface area contributed by atoms with E-state index in [4.69, 9.17) is 14.9 Å². The van der Waals surface area contributed by atoms with Crippen molar-refractivity contribution in [3.63, 3.8) is 0 Å². The van der Waals surface area contributed by atoms with Gasteiger partial charge in [0.25, 0.3) is 0 Å². The highest BCUT2D eigenvalue weighted by molar-refractivity contribution is 9.10.